The largest absolute Gasteiger partial charge is 0.439 e. The van der Waals surface area contributed by atoms with Gasteiger partial charge in [-0.15, -0.1) is 6.58 Å². The van der Waals surface area contributed by atoms with E-state index in [1.807, 2.05) is 12.1 Å². The predicted molar refractivity (Wildman–Crippen MR) is 126 cm³/mol. The minimum atomic E-state index is -4.14. The number of esters is 1. The SMILES string of the molecule is C=CC(c1cccc2cccnc12)S(=O)(=O)C(OC(=O)CC)c1cc2cc(Cl)ccc2[nH]1. The molecule has 0 aliphatic rings. The van der Waals surface area contributed by atoms with Crippen LogP contribution in [-0.4, -0.2) is 24.4 Å². The molecule has 0 spiro atoms. The number of sulfone groups is 1. The lowest BCUT2D eigenvalue weighted by Gasteiger charge is -2.23. The van der Waals surface area contributed by atoms with E-state index >= 15 is 0 Å². The molecule has 0 saturated carbocycles. The lowest BCUT2D eigenvalue weighted by atomic mass is 10.1. The number of aromatic nitrogens is 2. The smallest absolute Gasteiger partial charge is 0.307 e. The second-order valence-corrected chi connectivity index (χ2v) is 9.85. The Hall–Kier alpha value is -3.16. The summed E-state index contributed by atoms with van der Waals surface area (Å²) in [7, 11) is -4.14. The first kappa shape index (κ1) is 22.0. The zero-order valence-corrected chi connectivity index (χ0v) is 18.9. The number of halogens is 1. The Bertz CT molecular complexity index is 1420. The number of nitrogens with one attached hydrogen (secondary N) is 1. The second-order valence-electron chi connectivity index (χ2n) is 7.30. The van der Waals surface area contributed by atoms with Crippen molar-refractivity contribution in [2.24, 2.45) is 0 Å². The van der Waals surface area contributed by atoms with Crippen LogP contribution < -0.4 is 0 Å². The van der Waals surface area contributed by atoms with Crippen molar-refractivity contribution < 1.29 is 17.9 Å². The number of rotatable bonds is 7. The van der Waals surface area contributed by atoms with E-state index in [4.69, 9.17) is 16.3 Å². The van der Waals surface area contributed by atoms with Gasteiger partial charge in [0, 0.05) is 39.5 Å². The third kappa shape index (κ3) is 4.01. The van der Waals surface area contributed by atoms with Crippen molar-refractivity contribution in [3.63, 3.8) is 0 Å². The Morgan fingerprint density at radius 1 is 1.19 bits per heavy atom. The average molecular weight is 469 g/mol. The molecule has 4 aromatic rings. The van der Waals surface area contributed by atoms with Crippen molar-refractivity contribution in [2.45, 2.75) is 24.0 Å². The third-order valence-electron chi connectivity index (χ3n) is 5.22. The van der Waals surface area contributed by atoms with Crippen LogP contribution in [0.25, 0.3) is 21.8 Å². The van der Waals surface area contributed by atoms with E-state index in [1.54, 1.807) is 55.6 Å². The Morgan fingerprint density at radius 3 is 2.72 bits per heavy atom. The molecule has 0 saturated heterocycles. The summed E-state index contributed by atoms with van der Waals surface area (Å²) in [6, 6.07) is 15.7. The molecule has 2 heterocycles. The van der Waals surface area contributed by atoms with Crippen LogP contribution in [0, 0.1) is 0 Å². The van der Waals surface area contributed by atoms with E-state index in [0.717, 1.165) is 5.39 Å². The average Bonchev–Trinajstić information content (AvgIpc) is 3.20. The van der Waals surface area contributed by atoms with Crippen molar-refractivity contribution in [3.8, 4) is 0 Å². The van der Waals surface area contributed by atoms with Gasteiger partial charge in [-0.05, 0) is 30.3 Å². The highest BCUT2D eigenvalue weighted by Gasteiger charge is 2.39. The zero-order chi connectivity index (χ0) is 22.9. The monoisotopic (exact) mass is 468 g/mol. The molecule has 32 heavy (non-hydrogen) atoms. The van der Waals surface area contributed by atoms with Gasteiger partial charge in [0.2, 0.25) is 15.3 Å². The van der Waals surface area contributed by atoms with Gasteiger partial charge in [-0.2, -0.15) is 0 Å². The van der Waals surface area contributed by atoms with Gasteiger partial charge in [-0.3, -0.25) is 9.78 Å². The van der Waals surface area contributed by atoms with Gasteiger partial charge >= 0.3 is 5.97 Å². The Labute approximate surface area is 190 Å². The Kier molecular flexibility index (Phi) is 6.04. The summed E-state index contributed by atoms with van der Waals surface area (Å²) in [5, 5.41) is 0.876. The summed E-state index contributed by atoms with van der Waals surface area (Å²) in [6.07, 6.45) is 2.98. The molecule has 2 unspecified atom stereocenters. The molecule has 0 amide bonds. The maximum atomic E-state index is 13.9. The highest BCUT2D eigenvalue weighted by molar-refractivity contribution is 7.91. The topological polar surface area (TPSA) is 89.1 Å². The number of carbonyl (C=O) groups excluding carboxylic acids is 1. The molecule has 6 nitrogen and oxygen atoms in total. The van der Waals surface area contributed by atoms with Gasteiger partial charge in [-0.1, -0.05) is 48.9 Å². The van der Waals surface area contributed by atoms with Crippen LogP contribution >= 0.6 is 11.6 Å². The van der Waals surface area contributed by atoms with Crippen molar-refractivity contribution in [3.05, 3.63) is 89.7 Å². The summed E-state index contributed by atoms with van der Waals surface area (Å²) >= 11 is 6.07. The fourth-order valence-electron chi connectivity index (χ4n) is 3.69. The number of ether oxygens (including phenoxy) is 1. The maximum absolute atomic E-state index is 13.9. The number of hydrogen-bond donors (Lipinski definition) is 1. The quantitative estimate of drug-likeness (QED) is 0.279. The summed E-state index contributed by atoms with van der Waals surface area (Å²) in [5.41, 5.74) is 0.383. The molecule has 2 aromatic carbocycles. The molecule has 0 radical (unpaired) electrons. The fraction of sp³-hybridized carbons (Fsp3) is 0.167. The zero-order valence-electron chi connectivity index (χ0n) is 17.3. The van der Waals surface area contributed by atoms with Gasteiger partial charge < -0.3 is 9.72 Å². The number of carbonyl (C=O) groups is 1. The molecule has 164 valence electrons. The molecule has 4 rings (SSSR count). The number of nitrogens with zero attached hydrogens (tertiary/aromatic N) is 1. The van der Waals surface area contributed by atoms with Crippen LogP contribution in [-0.2, 0) is 19.4 Å². The van der Waals surface area contributed by atoms with Crippen molar-refractivity contribution in [2.75, 3.05) is 0 Å². The molecule has 0 fully saturated rings. The predicted octanol–water partition coefficient (Wildman–Crippen LogP) is 5.66. The second kappa shape index (κ2) is 8.76. The fourth-order valence-corrected chi connectivity index (χ4v) is 5.67. The first-order valence-corrected chi connectivity index (χ1v) is 12.0. The Balaban J connectivity index is 1.87. The van der Waals surface area contributed by atoms with Crippen molar-refractivity contribution in [1.82, 2.24) is 9.97 Å². The van der Waals surface area contributed by atoms with Crippen molar-refractivity contribution >= 4 is 49.2 Å². The van der Waals surface area contributed by atoms with E-state index in [-0.39, 0.29) is 12.1 Å². The number of H-pyrrole nitrogens is 1. The highest BCUT2D eigenvalue weighted by atomic mass is 35.5. The molecule has 2 aromatic heterocycles. The van der Waals surface area contributed by atoms with Gasteiger partial charge in [0.25, 0.3) is 0 Å². The molecule has 2 atom stereocenters. The van der Waals surface area contributed by atoms with Crippen LogP contribution in [0.2, 0.25) is 5.02 Å². The molecule has 8 heteroatoms. The number of pyridine rings is 1. The number of hydrogen-bond acceptors (Lipinski definition) is 5. The van der Waals surface area contributed by atoms with Crippen LogP contribution in [0.4, 0.5) is 0 Å². The van der Waals surface area contributed by atoms with Crippen LogP contribution in [0.15, 0.2) is 73.4 Å². The van der Waals surface area contributed by atoms with Gasteiger partial charge in [0.1, 0.15) is 5.25 Å². The summed E-state index contributed by atoms with van der Waals surface area (Å²) in [5.74, 6) is -0.630. The lowest BCUT2D eigenvalue weighted by Crippen LogP contribution is -2.25. The van der Waals surface area contributed by atoms with E-state index in [1.165, 1.54) is 6.08 Å². The molecular formula is C24H21ClN2O4S. The van der Waals surface area contributed by atoms with Gasteiger partial charge in [0.15, 0.2) is 0 Å². The Morgan fingerprint density at radius 2 is 1.97 bits per heavy atom. The number of para-hydroxylation sites is 1. The molecule has 1 N–H and O–H groups in total. The minimum Gasteiger partial charge on any atom is -0.439 e. The van der Waals surface area contributed by atoms with E-state index < -0.39 is 26.5 Å². The van der Waals surface area contributed by atoms with Crippen LogP contribution in [0.5, 0.6) is 0 Å². The van der Waals surface area contributed by atoms with E-state index in [2.05, 4.69) is 16.5 Å². The first-order chi connectivity index (χ1) is 15.3. The normalized spacial score (nSPS) is 13.7. The van der Waals surface area contributed by atoms with Crippen LogP contribution in [0.1, 0.15) is 35.3 Å². The standard InChI is InChI=1S/C24H21ClN2O4S/c1-3-21(18-9-5-7-15-8-6-12-26-23(15)18)32(29,30)24(31-22(28)4-2)20-14-16-13-17(25)10-11-19(16)27-20/h3,5-14,21,24,27H,1,4H2,2H3. The third-order valence-corrected chi connectivity index (χ3v) is 7.56. The molecular weight excluding hydrogens is 448 g/mol. The molecule has 0 bridgehead atoms. The number of fused-ring (bicyclic) bond motifs is 2. The highest BCUT2D eigenvalue weighted by Crippen LogP contribution is 2.39. The van der Waals surface area contributed by atoms with E-state index in [9.17, 15) is 13.2 Å². The van der Waals surface area contributed by atoms with Crippen LogP contribution in [0.3, 0.4) is 0 Å². The summed E-state index contributed by atoms with van der Waals surface area (Å²) in [4.78, 5) is 19.6. The number of aromatic amines is 1. The minimum absolute atomic E-state index is 0.0344. The lowest BCUT2D eigenvalue weighted by molar-refractivity contribution is -0.145. The summed E-state index contributed by atoms with van der Waals surface area (Å²) in [6.45, 7) is 5.37. The number of benzene rings is 2. The van der Waals surface area contributed by atoms with Gasteiger partial charge in [-0.25, -0.2) is 8.42 Å². The van der Waals surface area contributed by atoms with Gasteiger partial charge in [0.05, 0.1) is 11.2 Å². The first-order valence-electron chi connectivity index (χ1n) is 10.0. The van der Waals surface area contributed by atoms with Crippen molar-refractivity contribution in [1.29, 1.82) is 0 Å². The summed E-state index contributed by atoms with van der Waals surface area (Å²) < 4.78 is 33.2. The van der Waals surface area contributed by atoms with E-state index in [0.29, 0.717) is 27.0 Å². The molecule has 0 aliphatic carbocycles. The maximum Gasteiger partial charge on any atom is 0.307 e. The molecule has 0 aliphatic heterocycles.